The standard InChI is InChI=1S/C6H12O2/c7-3-1-6-2-4-8-5-6/h6-7H,1-5H2/t6-/m0/s1. The van der Waals surface area contributed by atoms with Crippen LogP contribution in [0.3, 0.4) is 0 Å². The lowest BCUT2D eigenvalue weighted by atomic mass is 10.1. The molecule has 1 atom stereocenters. The molecule has 8 heavy (non-hydrogen) atoms. The molecule has 2 heteroatoms. The van der Waals surface area contributed by atoms with Crippen LogP contribution in [-0.2, 0) is 4.74 Å². The lowest BCUT2D eigenvalue weighted by Gasteiger charge is -2.00. The SMILES string of the molecule is OCC[C@H]1CCOC1. The normalized spacial score (nSPS) is 28.9. The molecule has 1 fully saturated rings. The Kier molecular flexibility index (Phi) is 2.30. The van der Waals surface area contributed by atoms with Crippen LogP contribution < -0.4 is 0 Å². The zero-order valence-electron chi connectivity index (χ0n) is 4.97. The Labute approximate surface area is 49.5 Å². The van der Waals surface area contributed by atoms with Gasteiger partial charge in [-0.1, -0.05) is 0 Å². The maximum Gasteiger partial charge on any atom is 0.0495 e. The molecule has 1 saturated heterocycles. The monoisotopic (exact) mass is 116 g/mol. The van der Waals surface area contributed by atoms with Gasteiger partial charge in [-0.05, 0) is 18.8 Å². The van der Waals surface area contributed by atoms with Crippen LogP contribution in [0.1, 0.15) is 12.8 Å². The van der Waals surface area contributed by atoms with E-state index in [1.54, 1.807) is 0 Å². The van der Waals surface area contributed by atoms with E-state index in [2.05, 4.69) is 0 Å². The summed E-state index contributed by atoms with van der Waals surface area (Å²) in [4.78, 5) is 0. The van der Waals surface area contributed by atoms with Crippen LogP contribution >= 0.6 is 0 Å². The van der Waals surface area contributed by atoms with E-state index in [1.165, 1.54) is 0 Å². The first kappa shape index (κ1) is 6.05. The minimum atomic E-state index is 0.314. The lowest BCUT2D eigenvalue weighted by molar-refractivity contribution is 0.175. The van der Waals surface area contributed by atoms with Crippen LogP contribution in [-0.4, -0.2) is 24.9 Å². The predicted octanol–water partition coefficient (Wildman–Crippen LogP) is 0.405. The van der Waals surface area contributed by atoms with Gasteiger partial charge in [0.1, 0.15) is 0 Å². The van der Waals surface area contributed by atoms with Crippen LogP contribution in [0, 0.1) is 5.92 Å². The molecule has 0 bridgehead atoms. The Morgan fingerprint density at radius 3 is 3.00 bits per heavy atom. The Bertz CT molecular complexity index is 57.5. The largest absolute Gasteiger partial charge is 0.396 e. The lowest BCUT2D eigenvalue weighted by Crippen LogP contribution is -2.00. The molecule has 0 saturated carbocycles. The van der Waals surface area contributed by atoms with Crippen LogP contribution in [0.15, 0.2) is 0 Å². The van der Waals surface area contributed by atoms with Crippen molar-refractivity contribution in [3.05, 3.63) is 0 Å². The number of rotatable bonds is 2. The second-order valence-corrected chi connectivity index (χ2v) is 2.24. The molecule has 0 aromatic heterocycles. The minimum Gasteiger partial charge on any atom is -0.396 e. The van der Waals surface area contributed by atoms with E-state index in [0.29, 0.717) is 12.5 Å². The van der Waals surface area contributed by atoms with Crippen molar-refractivity contribution < 1.29 is 9.84 Å². The molecule has 1 aliphatic heterocycles. The molecular formula is C6H12O2. The van der Waals surface area contributed by atoms with Gasteiger partial charge in [0.25, 0.3) is 0 Å². The van der Waals surface area contributed by atoms with Gasteiger partial charge in [0.05, 0.1) is 0 Å². The van der Waals surface area contributed by atoms with Crippen molar-refractivity contribution in [2.75, 3.05) is 19.8 Å². The topological polar surface area (TPSA) is 29.5 Å². The molecule has 1 aliphatic rings. The Morgan fingerprint density at radius 1 is 1.62 bits per heavy atom. The van der Waals surface area contributed by atoms with E-state index in [9.17, 15) is 0 Å². The van der Waals surface area contributed by atoms with Gasteiger partial charge in [-0.15, -0.1) is 0 Å². The summed E-state index contributed by atoms with van der Waals surface area (Å²) in [5.74, 6) is 0.639. The molecule has 1 heterocycles. The van der Waals surface area contributed by atoms with Crippen LogP contribution in [0.4, 0.5) is 0 Å². The summed E-state index contributed by atoms with van der Waals surface area (Å²) in [5.41, 5.74) is 0. The molecule has 0 amide bonds. The van der Waals surface area contributed by atoms with Crippen LogP contribution in [0.2, 0.25) is 0 Å². The van der Waals surface area contributed by atoms with E-state index >= 15 is 0 Å². The van der Waals surface area contributed by atoms with E-state index in [0.717, 1.165) is 26.1 Å². The van der Waals surface area contributed by atoms with Gasteiger partial charge in [-0.3, -0.25) is 0 Å². The molecule has 0 aromatic carbocycles. The van der Waals surface area contributed by atoms with Gasteiger partial charge in [0.2, 0.25) is 0 Å². The highest BCUT2D eigenvalue weighted by molar-refractivity contribution is 4.62. The maximum atomic E-state index is 8.47. The van der Waals surface area contributed by atoms with Gasteiger partial charge in [-0.2, -0.15) is 0 Å². The summed E-state index contributed by atoms with van der Waals surface area (Å²) in [6.07, 6.45) is 2.06. The predicted molar refractivity (Wildman–Crippen MR) is 30.6 cm³/mol. The molecule has 0 aromatic rings. The van der Waals surface area contributed by atoms with E-state index in [-0.39, 0.29) is 0 Å². The third-order valence-corrected chi connectivity index (χ3v) is 1.56. The van der Waals surface area contributed by atoms with Crippen LogP contribution in [0.25, 0.3) is 0 Å². The molecule has 0 radical (unpaired) electrons. The average Bonchev–Trinajstić information content (AvgIpc) is 2.19. The highest BCUT2D eigenvalue weighted by Gasteiger charge is 2.13. The maximum absolute atomic E-state index is 8.47. The van der Waals surface area contributed by atoms with Crippen molar-refractivity contribution in [3.8, 4) is 0 Å². The smallest absolute Gasteiger partial charge is 0.0495 e. The molecular weight excluding hydrogens is 104 g/mol. The highest BCUT2D eigenvalue weighted by atomic mass is 16.5. The number of aliphatic hydroxyl groups excluding tert-OH is 1. The third-order valence-electron chi connectivity index (χ3n) is 1.56. The fourth-order valence-electron chi connectivity index (χ4n) is 0.994. The first-order chi connectivity index (χ1) is 3.93. The van der Waals surface area contributed by atoms with Crippen LogP contribution in [0.5, 0.6) is 0 Å². The van der Waals surface area contributed by atoms with Gasteiger partial charge < -0.3 is 9.84 Å². The van der Waals surface area contributed by atoms with Gasteiger partial charge in [-0.25, -0.2) is 0 Å². The summed E-state index contributed by atoms with van der Waals surface area (Å²) in [6, 6.07) is 0. The summed E-state index contributed by atoms with van der Waals surface area (Å²) in [7, 11) is 0. The van der Waals surface area contributed by atoms with E-state index in [4.69, 9.17) is 9.84 Å². The zero-order valence-corrected chi connectivity index (χ0v) is 4.97. The van der Waals surface area contributed by atoms with Gasteiger partial charge in [0.15, 0.2) is 0 Å². The van der Waals surface area contributed by atoms with Crippen molar-refractivity contribution >= 4 is 0 Å². The Balaban J connectivity index is 2.06. The van der Waals surface area contributed by atoms with Crippen molar-refractivity contribution in [1.82, 2.24) is 0 Å². The fourth-order valence-corrected chi connectivity index (χ4v) is 0.994. The van der Waals surface area contributed by atoms with Crippen molar-refractivity contribution in [2.24, 2.45) is 5.92 Å². The molecule has 1 rings (SSSR count). The summed E-state index contributed by atoms with van der Waals surface area (Å²) in [6.45, 7) is 2.07. The molecule has 0 aliphatic carbocycles. The molecule has 1 N–H and O–H groups in total. The molecule has 48 valence electrons. The van der Waals surface area contributed by atoms with Crippen molar-refractivity contribution in [2.45, 2.75) is 12.8 Å². The van der Waals surface area contributed by atoms with Crippen molar-refractivity contribution in [3.63, 3.8) is 0 Å². The first-order valence-corrected chi connectivity index (χ1v) is 3.12. The fraction of sp³-hybridized carbons (Fsp3) is 1.00. The first-order valence-electron chi connectivity index (χ1n) is 3.12. The van der Waals surface area contributed by atoms with Crippen molar-refractivity contribution in [1.29, 1.82) is 0 Å². The molecule has 0 spiro atoms. The number of aliphatic hydroxyl groups is 1. The number of hydrogen-bond acceptors (Lipinski definition) is 2. The Morgan fingerprint density at radius 2 is 2.50 bits per heavy atom. The quantitative estimate of drug-likeness (QED) is 0.566. The number of hydrogen-bond donors (Lipinski definition) is 1. The number of ether oxygens (including phenoxy) is 1. The Hall–Kier alpha value is -0.0800. The second kappa shape index (κ2) is 3.05. The highest BCUT2D eigenvalue weighted by Crippen LogP contribution is 2.14. The second-order valence-electron chi connectivity index (χ2n) is 2.24. The van der Waals surface area contributed by atoms with Gasteiger partial charge >= 0.3 is 0 Å². The third kappa shape index (κ3) is 1.46. The zero-order chi connectivity index (χ0) is 5.82. The van der Waals surface area contributed by atoms with E-state index < -0.39 is 0 Å². The molecule has 2 nitrogen and oxygen atoms in total. The summed E-state index contributed by atoms with van der Waals surface area (Å²) in [5, 5.41) is 8.47. The van der Waals surface area contributed by atoms with E-state index in [1.807, 2.05) is 0 Å². The average molecular weight is 116 g/mol. The molecule has 0 unspecified atom stereocenters. The summed E-state index contributed by atoms with van der Waals surface area (Å²) < 4.78 is 5.10. The van der Waals surface area contributed by atoms with Gasteiger partial charge in [0, 0.05) is 19.8 Å². The summed E-state index contributed by atoms with van der Waals surface area (Å²) >= 11 is 0. The minimum absolute atomic E-state index is 0.314.